The molecule has 0 bridgehead atoms. The molecular weight excluding hydrogens is 412 g/mol. The molecule has 0 spiro atoms. The molecular formula is C23H20N4O3S. The van der Waals surface area contributed by atoms with Crippen LogP contribution in [-0.2, 0) is 0 Å². The van der Waals surface area contributed by atoms with Crippen LogP contribution in [0.15, 0.2) is 69.6 Å². The molecule has 31 heavy (non-hydrogen) atoms. The molecule has 8 heteroatoms. The minimum absolute atomic E-state index is 0.112. The van der Waals surface area contributed by atoms with Crippen LogP contribution in [0.5, 0.6) is 5.75 Å². The minimum atomic E-state index is -0.228. The molecule has 0 saturated carbocycles. The highest BCUT2D eigenvalue weighted by Gasteiger charge is 2.28. The van der Waals surface area contributed by atoms with E-state index in [2.05, 4.69) is 15.6 Å². The second kappa shape index (κ2) is 7.81. The lowest BCUT2D eigenvalue weighted by Crippen LogP contribution is -2.31. The number of nitrogens with zero attached hydrogens (tertiary/aromatic N) is 2. The number of carbonyl (C=O) groups is 1. The van der Waals surface area contributed by atoms with Gasteiger partial charge in [-0.05, 0) is 18.2 Å². The van der Waals surface area contributed by atoms with Crippen molar-refractivity contribution in [2.24, 2.45) is 4.99 Å². The van der Waals surface area contributed by atoms with Crippen molar-refractivity contribution in [3.63, 3.8) is 0 Å². The van der Waals surface area contributed by atoms with Crippen LogP contribution in [0.1, 0.15) is 21.4 Å². The van der Waals surface area contributed by atoms with Gasteiger partial charge in [0.1, 0.15) is 17.5 Å². The van der Waals surface area contributed by atoms with Crippen LogP contribution in [-0.4, -0.2) is 31.3 Å². The lowest BCUT2D eigenvalue weighted by molar-refractivity contribution is 0.102. The fourth-order valence-corrected chi connectivity index (χ4v) is 4.66. The Labute approximate surface area is 183 Å². The van der Waals surface area contributed by atoms with Crippen molar-refractivity contribution in [3.05, 3.63) is 70.6 Å². The smallest absolute Gasteiger partial charge is 0.258 e. The van der Waals surface area contributed by atoms with Crippen LogP contribution in [0.25, 0.3) is 11.0 Å². The highest BCUT2D eigenvalue weighted by Crippen LogP contribution is 2.41. The molecule has 0 aliphatic carbocycles. The van der Waals surface area contributed by atoms with Crippen LogP contribution in [0.3, 0.4) is 0 Å². The maximum atomic E-state index is 13.2. The van der Waals surface area contributed by atoms with E-state index in [9.17, 15) is 4.79 Å². The first-order valence-electron chi connectivity index (χ1n) is 9.69. The van der Waals surface area contributed by atoms with E-state index in [1.54, 1.807) is 31.8 Å². The van der Waals surface area contributed by atoms with E-state index in [0.29, 0.717) is 28.3 Å². The van der Waals surface area contributed by atoms with Crippen molar-refractivity contribution >= 4 is 51.6 Å². The molecule has 0 radical (unpaired) electrons. The monoisotopic (exact) mass is 432 g/mol. The van der Waals surface area contributed by atoms with E-state index in [0.717, 1.165) is 16.0 Å². The van der Waals surface area contributed by atoms with Crippen molar-refractivity contribution in [1.82, 2.24) is 4.90 Å². The number of aliphatic imine (C=N–C) groups is 1. The van der Waals surface area contributed by atoms with E-state index in [-0.39, 0.29) is 12.1 Å². The normalized spacial score (nSPS) is 15.0. The lowest BCUT2D eigenvalue weighted by Gasteiger charge is -2.30. The Kier molecular flexibility index (Phi) is 4.83. The summed E-state index contributed by atoms with van der Waals surface area (Å²) in [6.45, 7) is 0. The zero-order valence-corrected chi connectivity index (χ0v) is 17.8. The van der Waals surface area contributed by atoms with Gasteiger partial charge in [0.15, 0.2) is 0 Å². The maximum Gasteiger partial charge on any atom is 0.258 e. The van der Waals surface area contributed by atoms with E-state index in [1.165, 1.54) is 11.3 Å². The first-order valence-corrected chi connectivity index (χ1v) is 10.6. The minimum Gasteiger partial charge on any atom is -0.497 e. The second-order valence-electron chi connectivity index (χ2n) is 7.15. The number of carbonyl (C=O) groups excluding carboxylic acids is 1. The van der Waals surface area contributed by atoms with Crippen LogP contribution in [0.2, 0.25) is 0 Å². The Morgan fingerprint density at radius 3 is 2.87 bits per heavy atom. The molecule has 1 unspecified atom stereocenters. The molecule has 2 N–H and O–H groups in total. The average Bonchev–Trinajstić information content (AvgIpc) is 3.43. The van der Waals surface area contributed by atoms with Crippen molar-refractivity contribution in [1.29, 1.82) is 0 Å². The molecule has 0 saturated heterocycles. The van der Waals surface area contributed by atoms with Gasteiger partial charge in [0.25, 0.3) is 5.91 Å². The molecule has 1 aliphatic heterocycles. The van der Waals surface area contributed by atoms with Gasteiger partial charge in [0.05, 0.1) is 41.5 Å². The van der Waals surface area contributed by atoms with Crippen LogP contribution < -0.4 is 15.4 Å². The number of para-hydroxylation sites is 1. The van der Waals surface area contributed by atoms with Crippen LogP contribution >= 0.6 is 11.3 Å². The number of fused-ring (bicyclic) bond motifs is 2. The number of anilines is 2. The SMILES string of the molecule is COc1cc(NC(=O)c2csc3c2N=CN(C)C3Nc2ccccc2)c2ccoc2c1. The zero-order valence-electron chi connectivity index (χ0n) is 17.0. The van der Waals surface area contributed by atoms with Crippen LogP contribution in [0.4, 0.5) is 17.1 Å². The van der Waals surface area contributed by atoms with Crippen molar-refractivity contribution in [2.45, 2.75) is 6.17 Å². The van der Waals surface area contributed by atoms with Gasteiger partial charge >= 0.3 is 0 Å². The topological polar surface area (TPSA) is 79.1 Å². The third-order valence-electron chi connectivity index (χ3n) is 5.17. The zero-order chi connectivity index (χ0) is 21.4. The summed E-state index contributed by atoms with van der Waals surface area (Å²) in [5.41, 5.74) is 3.49. The van der Waals surface area contributed by atoms with E-state index in [4.69, 9.17) is 9.15 Å². The van der Waals surface area contributed by atoms with Crippen molar-refractivity contribution in [3.8, 4) is 5.75 Å². The summed E-state index contributed by atoms with van der Waals surface area (Å²) in [6, 6.07) is 15.4. The van der Waals surface area contributed by atoms with Crippen LogP contribution in [0, 0.1) is 0 Å². The van der Waals surface area contributed by atoms with E-state index < -0.39 is 0 Å². The Balaban J connectivity index is 1.45. The second-order valence-corrected chi connectivity index (χ2v) is 8.06. The molecule has 2 aromatic heterocycles. The average molecular weight is 433 g/mol. The number of hydrogen-bond donors (Lipinski definition) is 2. The molecule has 3 heterocycles. The standard InChI is InChI=1S/C23H20N4O3S/c1-27-13-24-20-17(12-31-21(20)22(27)25-14-6-4-3-5-7-14)23(28)26-18-10-15(29-2)11-19-16(18)8-9-30-19/h3-13,22,25H,1-2H3,(H,26,28). The van der Waals surface area contributed by atoms with Gasteiger partial charge in [-0.2, -0.15) is 0 Å². The molecule has 0 fully saturated rings. The molecule has 5 rings (SSSR count). The number of hydrogen-bond acceptors (Lipinski definition) is 7. The first-order chi connectivity index (χ1) is 15.1. The summed E-state index contributed by atoms with van der Waals surface area (Å²) in [5.74, 6) is 0.380. The fraction of sp³-hybridized carbons (Fsp3) is 0.130. The van der Waals surface area contributed by atoms with Gasteiger partial charge in [0.2, 0.25) is 0 Å². The predicted octanol–water partition coefficient (Wildman–Crippen LogP) is 5.47. The van der Waals surface area contributed by atoms with Gasteiger partial charge in [0, 0.05) is 35.6 Å². The Bertz CT molecular complexity index is 1280. The Morgan fingerprint density at radius 2 is 2.06 bits per heavy atom. The number of nitrogens with one attached hydrogen (secondary N) is 2. The third-order valence-corrected chi connectivity index (χ3v) is 6.19. The summed E-state index contributed by atoms with van der Waals surface area (Å²) in [5, 5.41) is 9.16. The number of ether oxygens (including phenoxy) is 1. The number of thiophene rings is 1. The van der Waals surface area contributed by atoms with E-state index in [1.807, 2.05) is 53.7 Å². The van der Waals surface area contributed by atoms with Gasteiger partial charge in [-0.1, -0.05) is 18.2 Å². The van der Waals surface area contributed by atoms with Crippen molar-refractivity contribution in [2.75, 3.05) is 24.8 Å². The molecule has 2 aromatic carbocycles. The number of methoxy groups -OCH3 is 1. The molecule has 4 aromatic rings. The Morgan fingerprint density at radius 1 is 1.23 bits per heavy atom. The van der Waals surface area contributed by atoms with Gasteiger partial charge in [-0.15, -0.1) is 11.3 Å². The largest absolute Gasteiger partial charge is 0.497 e. The first kappa shape index (κ1) is 19.2. The molecule has 1 atom stereocenters. The third kappa shape index (κ3) is 3.51. The quantitative estimate of drug-likeness (QED) is 0.437. The summed E-state index contributed by atoms with van der Waals surface area (Å²) < 4.78 is 10.8. The van der Waals surface area contributed by atoms with Gasteiger partial charge < -0.3 is 24.7 Å². The summed E-state index contributed by atoms with van der Waals surface area (Å²) in [6.07, 6.45) is 3.22. The highest BCUT2D eigenvalue weighted by molar-refractivity contribution is 7.11. The number of rotatable bonds is 5. The summed E-state index contributed by atoms with van der Waals surface area (Å²) in [4.78, 5) is 20.7. The Hall–Kier alpha value is -3.78. The number of amides is 1. The van der Waals surface area contributed by atoms with Gasteiger partial charge in [-0.25, -0.2) is 4.99 Å². The molecule has 1 amide bonds. The van der Waals surface area contributed by atoms with Gasteiger partial charge in [-0.3, -0.25) is 4.79 Å². The highest BCUT2D eigenvalue weighted by atomic mass is 32.1. The molecule has 156 valence electrons. The predicted molar refractivity (Wildman–Crippen MR) is 124 cm³/mol. The van der Waals surface area contributed by atoms with Crippen molar-refractivity contribution < 1.29 is 13.9 Å². The number of benzene rings is 2. The number of furan rings is 1. The molecule has 7 nitrogen and oxygen atoms in total. The fourth-order valence-electron chi connectivity index (χ4n) is 3.57. The summed E-state index contributed by atoms with van der Waals surface area (Å²) >= 11 is 1.51. The lowest BCUT2D eigenvalue weighted by atomic mass is 10.1. The maximum absolute atomic E-state index is 13.2. The molecule has 1 aliphatic rings. The summed E-state index contributed by atoms with van der Waals surface area (Å²) in [7, 11) is 3.54. The van der Waals surface area contributed by atoms with E-state index >= 15 is 0 Å².